The van der Waals surface area contributed by atoms with Gasteiger partial charge in [0.25, 0.3) is 5.91 Å². The summed E-state index contributed by atoms with van der Waals surface area (Å²) >= 11 is 1.22. The largest absolute Gasteiger partial charge is 0.298 e. The van der Waals surface area contributed by atoms with Gasteiger partial charge in [-0.1, -0.05) is 23.5 Å². The second kappa shape index (κ2) is 6.84. The third-order valence-corrected chi connectivity index (χ3v) is 4.87. The average Bonchev–Trinajstić information content (AvgIpc) is 3.28. The number of halogens is 1. The normalized spacial score (nSPS) is 11.3. The van der Waals surface area contributed by atoms with Crippen LogP contribution >= 0.6 is 11.3 Å². The lowest BCUT2D eigenvalue weighted by Crippen LogP contribution is -2.12. The molecule has 0 unspecified atom stereocenters. The molecular formula is C18H15FN6OS. The van der Waals surface area contributed by atoms with Gasteiger partial charge in [-0.15, -0.1) is 5.10 Å². The summed E-state index contributed by atoms with van der Waals surface area (Å²) in [6, 6.07) is 11.5. The molecule has 2 aromatic heterocycles. The van der Waals surface area contributed by atoms with E-state index in [4.69, 9.17) is 0 Å². The van der Waals surface area contributed by atoms with Crippen LogP contribution in [-0.4, -0.2) is 31.1 Å². The minimum Gasteiger partial charge on any atom is -0.298 e. The number of rotatable bonds is 4. The highest BCUT2D eigenvalue weighted by Gasteiger charge is 2.15. The predicted molar refractivity (Wildman–Crippen MR) is 101 cm³/mol. The lowest BCUT2D eigenvalue weighted by Gasteiger charge is -2.08. The molecule has 0 aliphatic heterocycles. The first-order chi connectivity index (χ1) is 13.0. The van der Waals surface area contributed by atoms with E-state index in [0.29, 0.717) is 26.7 Å². The number of nitrogens with one attached hydrogen (secondary N) is 1. The Morgan fingerprint density at radius 3 is 2.89 bits per heavy atom. The first kappa shape index (κ1) is 17.2. The Balaban J connectivity index is 1.61. The fraction of sp³-hybridized carbons (Fsp3) is 0.167. The fourth-order valence-corrected chi connectivity index (χ4v) is 3.54. The third kappa shape index (κ3) is 3.41. The number of benzene rings is 2. The standard InChI is InChI=1S/C18H15FN6OS/c1-10(2)25-16(22-23-24-25)11-4-3-5-12(8-11)17(26)21-18-20-14-7-6-13(19)9-15(14)27-18/h3-10H,1-2H3,(H,20,21,26). The maximum absolute atomic E-state index is 13.3. The molecule has 0 radical (unpaired) electrons. The molecule has 0 spiro atoms. The number of tetrazole rings is 1. The van der Waals surface area contributed by atoms with Gasteiger partial charge in [0, 0.05) is 11.1 Å². The smallest absolute Gasteiger partial charge is 0.257 e. The first-order valence-electron chi connectivity index (χ1n) is 8.27. The summed E-state index contributed by atoms with van der Waals surface area (Å²) in [7, 11) is 0. The SMILES string of the molecule is CC(C)n1nnnc1-c1cccc(C(=O)Nc2nc3ccc(F)cc3s2)c1. The Morgan fingerprint density at radius 2 is 2.07 bits per heavy atom. The molecule has 7 nitrogen and oxygen atoms in total. The van der Waals surface area contributed by atoms with E-state index in [0.717, 1.165) is 5.56 Å². The van der Waals surface area contributed by atoms with Crippen molar-refractivity contribution in [3.05, 3.63) is 53.8 Å². The summed E-state index contributed by atoms with van der Waals surface area (Å²) in [4.78, 5) is 16.9. The summed E-state index contributed by atoms with van der Waals surface area (Å²) in [6.45, 7) is 3.96. The number of carbonyl (C=O) groups is 1. The minimum absolute atomic E-state index is 0.0932. The summed E-state index contributed by atoms with van der Waals surface area (Å²) in [5.41, 5.74) is 1.84. The highest BCUT2D eigenvalue weighted by Crippen LogP contribution is 2.27. The van der Waals surface area contributed by atoms with Gasteiger partial charge in [0.05, 0.1) is 16.3 Å². The van der Waals surface area contributed by atoms with Crippen LogP contribution in [0.15, 0.2) is 42.5 Å². The van der Waals surface area contributed by atoms with Gasteiger partial charge in [0.1, 0.15) is 5.82 Å². The summed E-state index contributed by atoms with van der Waals surface area (Å²) in [5.74, 6) is -0.0466. The van der Waals surface area contributed by atoms with Gasteiger partial charge in [-0.05, 0) is 54.6 Å². The van der Waals surface area contributed by atoms with Crippen LogP contribution in [0.5, 0.6) is 0 Å². The maximum atomic E-state index is 13.3. The zero-order chi connectivity index (χ0) is 19.0. The van der Waals surface area contributed by atoms with Crippen molar-refractivity contribution in [3.63, 3.8) is 0 Å². The molecule has 27 heavy (non-hydrogen) atoms. The maximum Gasteiger partial charge on any atom is 0.257 e. The Bertz CT molecular complexity index is 1140. The molecular weight excluding hydrogens is 367 g/mol. The number of amides is 1. The van der Waals surface area contributed by atoms with Crippen molar-refractivity contribution in [1.29, 1.82) is 0 Å². The highest BCUT2D eigenvalue weighted by molar-refractivity contribution is 7.22. The van der Waals surface area contributed by atoms with E-state index in [9.17, 15) is 9.18 Å². The molecule has 9 heteroatoms. The number of thiazole rings is 1. The number of hydrogen-bond donors (Lipinski definition) is 1. The molecule has 4 aromatic rings. The summed E-state index contributed by atoms with van der Waals surface area (Å²) in [5, 5.41) is 14.9. The number of fused-ring (bicyclic) bond motifs is 1. The molecule has 0 saturated heterocycles. The van der Waals surface area contributed by atoms with Crippen LogP contribution in [0.25, 0.3) is 21.6 Å². The van der Waals surface area contributed by atoms with Crippen molar-refractivity contribution < 1.29 is 9.18 Å². The topological polar surface area (TPSA) is 85.6 Å². The number of anilines is 1. The molecule has 136 valence electrons. The van der Waals surface area contributed by atoms with Crippen molar-refractivity contribution in [2.45, 2.75) is 19.9 Å². The number of nitrogens with zero attached hydrogens (tertiary/aromatic N) is 5. The van der Waals surface area contributed by atoms with E-state index in [1.165, 1.54) is 23.5 Å². The zero-order valence-corrected chi connectivity index (χ0v) is 15.4. The van der Waals surface area contributed by atoms with Gasteiger partial charge in [-0.3, -0.25) is 10.1 Å². The number of aromatic nitrogens is 5. The van der Waals surface area contributed by atoms with Gasteiger partial charge >= 0.3 is 0 Å². The predicted octanol–water partition coefficient (Wildman–Crippen LogP) is 3.92. The van der Waals surface area contributed by atoms with Crippen molar-refractivity contribution in [1.82, 2.24) is 25.2 Å². The second-order valence-corrected chi connectivity index (χ2v) is 7.24. The van der Waals surface area contributed by atoms with Crippen LogP contribution in [-0.2, 0) is 0 Å². The average molecular weight is 382 g/mol. The van der Waals surface area contributed by atoms with E-state index in [-0.39, 0.29) is 17.8 Å². The summed E-state index contributed by atoms with van der Waals surface area (Å²) < 4.78 is 15.7. The Morgan fingerprint density at radius 1 is 1.22 bits per heavy atom. The van der Waals surface area contributed by atoms with E-state index in [1.807, 2.05) is 19.9 Å². The van der Waals surface area contributed by atoms with Crippen LogP contribution in [0, 0.1) is 5.82 Å². The molecule has 0 aliphatic rings. The van der Waals surface area contributed by atoms with Crippen LogP contribution in [0.1, 0.15) is 30.2 Å². The third-order valence-electron chi connectivity index (χ3n) is 3.94. The number of carbonyl (C=O) groups excluding carboxylic acids is 1. The molecule has 1 N–H and O–H groups in total. The fourth-order valence-electron chi connectivity index (χ4n) is 2.65. The van der Waals surface area contributed by atoms with Crippen molar-refractivity contribution in [2.75, 3.05) is 5.32 Å². The zero-order valence-electron chi connectivity index (χ0n) is 14.5. The Hall–Kier alpha value is -3.20. The van der Waals surface area contributed by atoms with Crippen LogP contribution in [0.2, 0.25) is 0 Å². The highest BCUT2D eigenvalue weighted by atomic mass is 32.1. The lowest BCUT2D eigenvalue weighted by atomic mass is 10.1. The van der Waals surface area contributed by atoms with Gasteiger partial charge in [-0.25, -0.2) is 14.1 Å². The van der Waals surface area contributed by atoms with Gasteiger partial charge in [-0.2, -0.15) is 0 Å². The van der Waals surface area contributed by atoms with Gasteiger partial charge in [0.2, 0.25) is 0 Å². The molecule has 2 heterocycles. The van der Waals surface area contributed by atoms with Crippen molar-refractivity contribution in [3.8, 4) is 11.4 Å². The monoisotopic (exact) mass is 382 g/mol. The molecule has 0 atom stereocenters. The molecule has 0 bridgehead atoms. The second-order valence-electron chi connectivity index (χ2n) is 6.21. The Kier molecular flexibility index (Phi) is 4.36. The van der Waals surface area contributed by atoms with E-state index in [2.05, 4.69) is 25.8 Å². The first-order valence-corrected chi connectivity index (χ1v) is 9.08. The summed E-state index contributed by atoms with van der Waals surface area (Å²) in [6.07, 6.45) is 0. The molecule has 4 rings (SSSR count). The molecule has 2 aromatic carbocycles. The quantitative estimate of drug-likeness (QED) is 0.578. The van der Waals surface area contributed by atoms with Crippen molar-refractivity contribution in [2.24, 2.45) is 0 Å². The van der Waals surface area contributed by atoms with Gasteiger partial charge < -0.3 is 0 Å². The Labute approximate surface area is 157 Å². The minimum atomic E-state index is -0.334. The van der Waals surface area contributed by atoms with Gasteiger partial charge in [0.15, 0.2) is 11.0 Å². The van der Waals surface area contributed by atoms with Crippen molar-refractivity contribution >= 4 is 32.6 Å². The lowest BCUT2D eigenvalue weighted by molar-refractivity contribution is 0.102. The van der Waals surface area contributed by atoms with E-state index >= 15 is 0 Å². The van der Waals surface area contributed by atoms with Crippen LogP contribution in [0.3, 0.4) is 0 Å². The van der Waals surface area contributed by atoms with Crippen LogP contribution < -0.4 is 5.32 Å². The molecule has 0 saturated carbocycles. The molecule has 1 amide bonds. The molecule has 0 aliphatic carbocycles. The van der Waals surface area contributed by atoms with E-state index < -0.39 is 0 Å². The van der Waals surface area contributed by atoms with Crippen LogP contribution in [0.4, 0.5) is 9.52 Å². The number of hydrogen-bond acceptors (Lipinski definition) is 6. The van der Waals surface area contributed by atoms with E-state index in [1.54, 1.807) is 28.9 Å². The molecule has 0 fully saturated rings.